The molecule has 1 amide bonds. The lowest BCUT2D eigenvalue weighted by Crippen LogP contribution is -2.50. The van der Waals surface area contributed by atoms with Crippen molar-refractivity contribution in [1.29, 1.82) is 0 Å². The number of ether oxygens (including phenoxy) is 2. The van der Waals surface area contributed by atoms with Gasteiger partial charge in [0.05, 0.1) is 0 Å². The van der Waals surface area contributed by atoms with Gasteiger partial charge in [-0.05, 0) is 42.1 Å². The van der Waals surface area contributed by atoms with Crippen LogP contribution in [0.15, 0.2) is 48.5 Å². The van der Waals surface area contributed by atoms with Crippen LogP contribution in [-0.4, -0.2) is 37.2 Å². The second kappa shape index (κ2) is 7.38. The van der Waals surface area contributed by atoms with E-state index in [1.807, 2.05) is 25.2 Å². The summed E-state index contributed by atoms with van der Waals surface area (Å²) in [4.78, 5) is 14.9. The number of hydrogen-bond donors (Lipinski definition) is 1. The number of amides is 1. The van der Waals surface area contributed by atoms with E-state index in [0.717, 1.165) is 6.42 Å². The van der Waals surface area contributed by atoms with E-state index in [1.54, 1.807) is 23.1 Å². The first-order valence-corrected chi connectivity index (χ1v) is 8.83. The Morgan fingerprint density at radius 1 is 1.15 bits per heavy atom. The Kier molecular flexibility index (Phi) is 5.18. The Bertz CT molecular complexity index is 774. The van der Waals surface area contributed by atoms with E-state index in [0.29, 0.717) is 23.6 Å². The second-order valence-electron chi connectivity index (χ2n) is 7.38. The zero-order valence-corrected chi connectivity index (χ0v) is 15.6. The molecule has 1 aliphatic rings. The monoisotopic (exact) mass is 354 g/mol. The number of likely N-dealkylation sites (N-methyl/N-ethyl adjacent to an activating group) is 1. The summed E-state index contributed by atoms with van der Waals surface area (Å²) in [5.41, 5.74) is 7.58. The Morgan fingerprint density at radius 2 is 1.85 bits per heavy atom. The maximum Gasteiger partial charge on any atom is 0.254 e. The van der Waals surface area contributed by atoms with Crippen LogP contribution in [0.5, 0.6) is 11.5 Å². The van der Waals surface area contributed by atoms with Gasteiger partial charge in [0.1, 0.15) is 0 Å². The Balaban J connectivity index is 1.86. The normalized spacial score (nSPS) is 14.2. The number of benzene rings is 2. The lowest BCUT2D eigenvalue weighted by molar-refractivity contribution is 0.0582. The quantitative estimate of drug-likeness (QED) is 0.866. The largest absolute Gasteiger partial charge is 0.454 e. The first-order valence-electron chi connectivity index (χ1n) is 8.83. The van der Waals surface area contributed by atoms with E-state index in [2.05, 4.69) is 26.0 Å². The van der Waals surface area contributed by atoms with Crippen molar-refractivity contribution in [3.05, 3.63) is 59.7 Å². The van der Waals surface area contributed by atoms with Gasteiger partial charge in [-0.25, -0.2) is 0 Å². The van der Waals surface area contributed by atoms with Gasteiger partial charge in [0.2, 0.25) is 6.79 Å². The molecule has 0 bridgehead atoms. The maximum atomic E-state index is 13.1. The average Bonchev–Trinajstić information content (AvgIpc) is 3.13. The molecule has 5 nitrogen and oxygen atoms in total. The second-order valence-corrected chi connectivity index (χ2v) is 7.38. The topological polar surface area (TPSA) is 64.8 Å². The Morgan fingerprint density at radius 3 is 2.54 bits per heavy atom. The van der Waals surface area contributed by atoms with Gasteiger partial charge < -0.3 is 20.1 Å². The van der Waals surface area contributed by atoms with Crippen LogP contribution in [0.2, 0.25) is 0 Å². The highest BCUT2D eigenvalue weighted by molar-refractivity contribution is 5.95. The molecule has 5 heteroatoms. The highest BCUT2D eigenvalue weighted by atomic mass is 16.7. The number of carbonyl (C=O) groups is 1. The van der Waals surface area contributed by atoms with Crippen LogP contribution in [0.4, 0.5) is 0 Å². The third-order valence-corrected chi connectivity index (χ3v) is 5.11. The molecule has 0 fully saturated rings. The number of nitrogens with zero attached hydrogens (tertiary/aromatic N) is 1. The van der Waals surface area contributed by atoms with Crippen LogP contribution in [0.3, 0.4) is 0 Å². The molecule has 0 radical (unpaired) electrons. The number of hydrogen-bond acceptors (Lipinski definition) is 4. The van der Waals surface area contributed by atoms with Crippen molar-refractivity contribution >= 4 is 5.91 Å². The summed E-state index contributed by atoms with van der Waals surface area (Å²) in [7, 11) is 1.85. The summed E-state index contributed by atoms with van der Waals surface area (Å²) < 4.78 is 10.7. The molecule has 2 N–H and O–H groups in total. The van der Waals surface area contributed by atoms with E-state index in [4.69, 9.17) is 15.2 Å². The van der Waals surface area contributed by atoms with Crippen molar-refractivity contribution in [2.75, 3.05) is 20.4 Å². The van der Waals surface area contributed by atoms with Crippen LogP contribution in [-0.2, 0) is 6.42 Å². The molecule has 0 saturated carbocycles. The van der Waals surface area contributed by atoms with Gasteiger partial charge in [0.15, 0.2) is 11.5 Å². The predicted octanol–water partition coefficient (Wildman–Crippen LogP) is 3.08. The molecule has 1 aliphatic heterocycles. The number of nitrogens with two attached hydrogens (primary N) is 1. The molecule has 3 rings (SSSR count). The van der Waals surface area contributed by atoms with Crippen molar-refractivity contribution in [3.8, 4) is 11.5 Å². The van der Waals surface area contributed by atoms with Crippen LogP contribution in [0, 0.1) is 5.41 Å². The van der Waals surface area contributed by atoms with Crippen molar-refractivity contribution in [2.45, 2.75) is 26.3 Å². The van der Waals surface area contributed by atoms with Gasteiger partial charge in [-0.1, -0.05) is 44.2 Å². The van der Waals surface area contributed by atoms with Crippen LogP contribution < -0.4 is 15.2 Å². The van der Waals surface area contributed by atoms with Gasteiger partial charge >= 0.3 is 0 Å². The van der Waals surface area contributed by atoms with E-state index >= 15 is 0 Å². The summed E-state index contributed by atoms with van der Waals surface area (Å²) in [5.74, 6) is 1.24. The fourth-order valence-corrected chi connectivity index (χ4v) is 3.29. The van der Waals surface area contributed by atoms with Crippen molar-refractivity contribution in [3.63, 3.8) is 0 Å². The van der Waals surface area contributed by atoms with Gasteiger partial charge in [-0.2, -0.15) is 0 Å². The van der Waals surface area contributed by atoms with E-state index in [-0.39, 0.29) is 24.2 Å². The summed E-state index contributed by atoms with van der Waals surface area (Å²) in [6, 6.07) is 15.5. The number of carbonyl (C=O) groups excluding carboxylic acids is 1. The minimum Gasteiger partial charge on any atom is -0.454 e. The zero-order valence-electron chi connectivity index (χ0n) is 15.6. The molecule has 0 spiro atoms. The molecule has 1 heterocycles. The molecule has 1 unspecified atom stereocenters. The van der Waals surface area contributed by atoms with Crippen LogP contribution >= 0.6 is 0 Å². The van der Waals surface area contributed by atoms with E-state index in [1.165, 1.54) is 5.56 Å². The van der Waals surface area contributed by atoms with Crippen molar-refractivity contribution in [2.24, 2.45) is 11.1 Å². The summed E-state index contributed by atoms with van der Waals surface area (Å²) >= 11 is 0. The van der Waals surface area contributed by atoms with Gasteiger partial charge in [0, 0.05) is 18.7 Å². The SMILES string of the molecule is CN(C(=O)c1ccc2c(c1)OCO2)C(Cc1ccccc1)C(C)(C)CN. The molecule has 0 aromatic heterocycles. The molecular weight excluding hydrogens is 328 g/mol. The average molecular weight is 354 g/mol. The zero-order chi connectivity index (χ0) is 18.7. The molecule has 1 atom stereocenters. The first-order chi connectivity index (χ1) is 12.4. The van der Waals surface area contributed by atoms with Crippen molar-refractivity contribution in [1.82, 2.24) is 4.90 Å². The highest BCUT2D eigenvalue weighted by Crippen LogP contribution is 2.34. The maximum absolute atomic E-state index is 13.1. The molecule has 0 saturated heterocycles. The van der Waals surface area contributed by atoms with Crippen LogP contribution in [0.25, 0.3) is 0 Å². The molecule has 26 heavy (non-hydrogen) atoms. The standard InChI is InChI=1S/C21H26N2O3/c1-21(2,13-22)19(11-15-7-5-4-6-8-15)23(3)20(24)16-9-10-17-18(12-16)26-14-25-17/h4-10,12,19H,11,13-14,22H2,1-3H3. The molecule has 0 aliphatic carbocycles. The minimum absolute atomic E-state index is 0.0344. The van der Waals surface area contributed by atoms with E-state index < -0.39 is 0 Å². The molecular formula is C21H26N2O3. The fourth-order valence-electron chi connectivity index (χ4n) is 3.29. The third kappa shape index (κ3) is 3.68. The summed E-state index contributed by atoms with van der Waals surface area (Å²) in [6.07, 6.45) is 0.748. The van der Waals surface area contributed by atoms with Crippen LogP contribution in [0.1, 0.15) is 29.8 Å². The summed E-state index contributed by atoms with van der Waals surface area (Å²) in [5, 5.41) is 0. The Hall–Kier alpha value is -2.53. The number of rotatable bonds is 6. The molecule has 2 aromatic carbocycles. The fraction of sp³-hybridized carbons (Fsp3) is 0.381. The lowest BCUT2D eigenvalue weighted by Gasteiger charge is -2.40. The minimum atomic E-state index is -0.226. The van der Waals surface area contributed by atoms with Gasteiger partial charge in [-0.15, -0.1) is 0 Å². The summed E-state index contributed by atoms with van der Waals surface area (Å²) in [6.45, 7) is 4.89. The lowest BCUT2D eigenvalue weighted by atomic mass is 9.80. The van der Waals surface area contributed by atoms with Gasteiger partial charge in [-0.3, -0.25) is 4.79 Å². The predicted molar refractivity (Wildman–Crippen MR) is 101 cm³/mol. The third-order valence-electron chi connectivity index (χ3n) is 5.11. The van der Waals surface area contributed by atoms with E-state index in [9.17, 15) is 4.79 Å². The van der Waals surface area contributed by atoms with Gasteiger partial charge in [0.25, 0.3) is 5.91 Å². The highest BCUT2D eigenvalue weighted by Gasteiger charge is 2.34. The smallest absolute Gasteiger partial charge is 0.254 e. The number of fused-ring (bicyclic) bond motifs is 1. The molecule has 2 aromatic rings. The first kappa shape index (κ1) is 18.3. The molecule has 138 valence electrons. The Labute approximate surface area is 154 Å². The van der Waals surface area contributed by atoms with Crippen molar-refractivity contribution < 1.29 is 14.3 Å².